The lowest BCUT2D eigenvalue weighted by molar-refractivity contribution is 0.363. The summed E-state index contributed by atoms with van der Waals surface area (Å²) in [6.45, 7) is 4.53. The van der Waals surface area contributed by atoms with Gasteiger partial charge in [0.1, 0.15) is 11.8 Å². The van der Waals surface area contributed by atoms with Crippen molar-refractivity contribution in [2.45, 2.75) is 20.4 Å². The van der Waals surface area contributed by atoms with Gasteiger partial charge in [-0.25, -0.2) is 0 Å². The van der Waals surface area contributed by atoms with E-state index >= 15 is 0 Å². The Morgan fingerprint density at radius 3 is 2.36 bits per heavy atom. The monoisotopic (exact) mass is 190 g/mol. The van der Waals surface area contributed by atoms with Crippen LogP contribution in [0.25, 0.3) is 0 Å². The van der Waals surface area contributed by atoms with E-state index in [1.807, 2.05) is 32.0 Å². The molecule has 0 atom stereocenters. The molecule has 1 aromatic rings. The van der Waals surface area contributed by atoms with Crippen LogP contribution in [0.1, 0.15) is 16.7 Å². The molecular formula is C11H14N2O. The predicted molar refractivity (Wildman–Crippen MR) is 54.9 cm³/mol. The van der Waals surface area contributed by atoms with Crippen LogP contribution in [-0.2, 0) is 6.54 Å². The van der Waals surface area contributed by atoms with Crippen LogP contribution in [0.15, 0.2) is 12.1 Å². The highest BCUT2D eigenvalue weighted by molar-refractivity contribution is 5.43. The van der Waals surface area contributed by atoms with Gasteiger partial charge in [-0.15, -0.1) is 0 Å². The minimum Gasteiger partial charge on any atom is -0.478 e. The molecule has 0 bridgehead atoms. The number of hydrogen-bond acceptors (Lipinski definition) is 3. The van der Waals surface area contributed by atoms with Gasteiger partial charge in [-0.05, 0) is 30.5 Å². The summed E-state index contributed by atoms with van der Waals surface area (Å²) in [6, 6.07) is 5.92. The van der Waals surface area contributed by atoms with Crippen LogP contribution in [0.3, 0.4) is 0 Å². The molecule has 0 saturated heterocycles. The molecule has 0 aliphatic heterocycles. The van der Waals surface area contributed by atoms with Crippen molar-refractivity contribution >= 4 is 0 Å². The SMILES string of the molecule is Cc1cc(CN)cc(C)c1OCC#N. The fourth-order valence-corrected chi connectivity index (χ4v) is 1.49. The number of benzene rings is 1. The van der Waals surface area contributed by atoms with Crippen molar-refractivity contribution in [2.75, 3.05) is 6.61 Å². The summed E-state index contributed by atoms with van der Waals surface area (Å²) < 4.78 is 5.31. The Kier molecular flexibility index (Phi) is 3.49. The van der Waals surface area contributed by atoms with Gasteiger partial charge in [0.25, 0.3) is 0 Å². The van der Waals surface area contributed by atoms with E-state index in [4.69, 9.17) is 15.7 Å². The van der Waals surface area contributed by atoms with Crippen molar-refractivity contribution in [1.82, 2.24) is 0 Å². The van der Waals surface area contributed by atoms with Gasteiger partial charge >= 0.3 is 0 Å². The quantitative estimate of drug-likeness (QED) is 0.788. The van der Waals surface area contributed by atoms with E-state index in [2.05, 4.69) is 0 Å². The molecule has 0 aliphatic rings. The normalized spacial score (nSPS) is 9.57. The van der Waals surface area contributed by atoms with E-state index in [1.54, 1.807) is 0 Å². The minimum atomic E-state index is 0.0870. The Morgan fingerprint density at radius 1 is 1.36 bits per heavy atom. The van der Waals surface area contributed by atoms with Crippen molar-refractivity contribution in [1.29, 1.82) is 5.26 Å². The Hall–Kier alpha value is -1.53. The lowest BCUT2D eigenvalue weighted by atomic mass is 10.1. The molecule has 3 heteroatoms. The second-order valence-electron chi connectivity index (χ2n) is 3.21. The van der Waals surface area contributed by atoms with Gasteiger partial charge in [0.15, 0.2) is 6.61 Å². The maximum Gasteiger partial charge on any atom is 0.174 e. The lowest BCUT2D eigenvalue weighted by Crippen LogP contribution is -2.02. The molecule has 0 radical (unpaired) electrons. The first-order valence-electron chi connectivity index (χ1n) is 4.49. The summed E-state index contributed by atoms with van der Waals surface area (Å²) >= 11 is 0. The summed E-state index contributed by atoms with van der Waals surface area (Å²) in [5.41, 5.74) is 8.69. The fraction of sp³-hybridized carbons (Fsp3) is 0.364. The Balaban J connectivity index is 3.00. The highest BCUT2D eigenvalue weighted by Gasteiger charge is 2.05. The zero-order valence-electron chi connectivity index (χ0n) is 8.50. The van der Waals surface area contributed by atoms with E-state index in [9.17, 15) is 0 Å². The number of nitriles is 1. The minimum absolute atomic E-state index is 0.0870. The van der Waals surface area contributed by atoms with Gasteiger partial charge in [-0.3, -0.25) is 0 Å². The van der Waals surface area contributed by atoms with Crippen LogP contribution in [0.4, 0.5) is 0 Å². The molecule has 0 unspecified atom stereocenters. The molecular weight excluding hydrogens is 176 g/mol. The third-order valence-electron chi connectivity index (χ3n) is 2.04. The Morgan fingerprint density at radius 2 is 1.93 bits per heavy atom. The van der Waals surface area contributed by atoms with Crippen molar-refractivity contribution in [3.05, 3.63) is 28.8 Å². The molecule has 0 saturated carbocycles. The fourth-order valence-electron chi connectivity index (χ4n) is 1.49. The predicted octanol–water partition coefficient (Wildman–Crippen LogP) is 1.66. The maximum absolute atomic E-state index is 8.42. The molecule has 0 aromatic heterocycles. The highest BCUT2D eigenvalue weighted by atomic mass is 16.5. The van der Waals surface area contributed by atoms with Gasteiger partial charge in [-0.1, -0.05) is 12.1 Å². The third kappa shape index (κ3) is 2.24. The number of nitrogens with two attached hydrogens (primary N) is 1. The molecule has 0 heterocycles. The first kappa shape index (κ1) is 10.6. The lowest BCUT2D eigenvalue weighted by Gasteiger charge is -2.11. The van der Waals surface area contributed by atoms with Crippen LogP contribution in [0.2, 0.25) is 0 Å². The zero-order valence-corrected chi connectivity index (χ0v) is 8.50. The van der Waals surface area contributed by atoms with Crippen LogP contribution in [0, 0.1) is 25.2 Å². The van der Waals surface area contributed by atoms with E-state index in [1.165, 1.54) is 0 Å². The third-order valence-corrected chi connectivity index (χ3v) is 2.04. The first-order chi connectivity index (χ1) is 6.69. The van der Waals surface area contributed by atoms with Crippen molar-refractivity contribution in [2.24, 2.45) is 5.73 Å². The molecule has 1 aromatic carbocycles. The Labute approximate surface area is 84.1 Å². The smallest absolute Gasteiger partial charge is 0.174 e. The zero-order chi connectivity index (χ0) is 10.6. The molecule has 74 valence electrons. The van der Waals surface area contributed by atoms with Gasteiger partial charge < -0.3 is 10.5 Å². The number of rotatable bonds is 3. The summed E-state index contributed by atoms with van der Waals surface area (Å²) in [5.74, 6) is 0.795. The summed E-state index contributed by atoms with van der Waals surface area (Å²) in [6.07, 6.45) is 0. The van der Waals surface area contributed by atoms with Crippen LogP contribution in [0.5, 0.6) is 5.75 Å². The molecule has 3 nitrogen and oxygen atoms in total. The van der Waals surface area contributed by atoms with Crippen LogP contribution in [-0.4, -0.2) is 6.61 Å². The number of hydrogen-bond donors (Lipinski definition) is 1. The molecule has 1 rings (SSSR count). The van der Waals surface area contributed by atoms with Crippen molar-refractivity contribution in [3.63, 3.8) is 0 Å². The topological polar surface area (TPSA) is 59.0 Å². The van der Waals surface area contributed by atoms with E-state index in [0.717, 1.165) is 22.4 Å². The standard InChI is InChI=1S/C11H14N2O/c1-8-5-10(7-13)6-9(2)11(8)14-4-3-12/h5-6H,4,7,13H2,1-2H3. The summed E-state index contributed by atoms with van der Waals surface area (Å²) in [7, 11) is 0. The first-order valence-corrected chi connectivity index (χ1v) is 4.49. The molecule has 0 spiro atoms. The number of ether oxygens (including phenoxy) is 1. The maximum atomic E-state index is 8.42. The van der Waals surface area contributed by atoms with Crippen LogP contribution < -0.4 is 10.5 Å². The largest absolute Gasteiger partial charge is 0.478 e. The molecule has 14 heavy (non-hydrogen) atoms. The van der Waals surface area contributed by atoms with E-state index in [0.29, 0.717) is 6.54 Å². The van der Waals surface area contributed by atoms with Gasteiger partial charge in [0.2, 0.25) is 0 Å². The number of aryl methyl sites for hydroxylation is 2. The van der Waals surface area contributed by atoms with Crippen molar-refractivity contribution in [3.8, 4) is 11.8 Å². The second-order valence-corrected chi connectivity index (χ2v) is 3.21. The van der Waals surface area contributed by atoms with Gasteiger partial charge in [0, 0.05) is 6.54 Å². The van der Waals surface area contributed by atoms with E-state index in [-0.39, 0.29) is 6.61 Å². The van der Waals surface area contributed by atoms with Gasteiger partial charge in [0.05, 0.1) is 0 Å². The Bertz CT molecular complexity index is 343. The van der Waals surface area contributed by atoms with E-state index < -0.39 is 0 Å². The van der Waals surface area contributed by atoms with Gasteiger partial charge in [-0.2, -0.15) is 5.26 Å². The average molecular weight is 190 g/mol. The second kappa shape index (κ2) is 4.64. The molecule has 0 aliphatic carbocycles. The molecule has 0 fully saturated rings. The molecule has 0 amide bonds. The van der Waals surface area contributed by atoms with Crippen LogP contribution >= 0.6 is 0 Å². The summed E-state index contributed by atoms with van der Waals surface area (Å²) in [5, 5.41) is 8.42. The van der Waals surface area contributed by atoms with Crippen molar-refractivity contribution < 1.29 is 4.74 Å². The summed E-state index contributed by atoms with van der Waals surface area (Å²) in [4.78, 5) is 0. The highest BCUT2D eigenvalue weighted by Crippen LogP contribution is 2.24. The average Bonchev–Trinajstić information content (AvgIpc) is 2.16. The molecule has 2 N–H and O–H groups in total. The number of nitrogens with zero attached hydrogens (tertiary/aromatic N) is 1.